The molecule has 0 bridgehead atoms. The minimum absolute atomic E-state index is 0.132. The molecule has 1 fully saturated rings. The SMILES string of the molecule is C[C@@](CO)(OC[C@H]1O[C@@H](n2ncc3c(N[C@@H]4CCc5ccc(F)cc54)nc(Cl)nc32)[C@H](O)[C@@H]1O)P(=O)(O)O. The summed E-state index contributed by atoms with van der Waals surface area (Å²) in [7, 11) is -4.87. The van der Waals surface area contributed by atoms with Crippen molar-refractivity contribution in [1.29, 1.82) is 0 Å². The highest BCUT2D eigenvalue weighted by atomic mass is 35.5. The number of aryl methyl sites for hydroxylation is 1. The van der Waals surface area contributed by atoms with Gasteiger partial charge in [-0.1, -0.05) is 6.07 Å². The second kappa shape index (κ2) is 10.0. The van der Waals surface area contributed by atoms with Crippen molar-refractivity contribution in [2.45, 2.75) is 55.7 Å². The maximum Gasteiger partial charge on any atom is 0.359 e. The topological polar surface area (TPSA) is 192 Å². The maximum absolute atomic E-state index is 13.9. The Morgan fingerprint density at radius 3 is 2.79 bits per heavy atom. The Labute approximate surface area is 220 Å². The number of anilines is 1. The number of aliphatic hydroxyl groups is 3. The molecule has 0 unspecified atom stereocenters. The van der Waals surface area contributed by atoms with Crippen molar-refractivity contribution in [3.63, 3.8) is 0 Å². The van der Waals surface area contributed by atoms with Gasteiger partial charge in [0.25, 0.3) is 0 Å². The van der Waals surface area contributed by atoms with E-state index in [0.717, 1.165) is 24.5 Å². The van der Waals surface area contributed by atoms with Gasteiger partial charge in [0.1, 0.15) is 29.9 Å². The average Bonchev–Trinajstić information content (AvgIpc) is 3.53. The van der Waals surface area contributed by atoms with Gasteiger partial charge in [-0.25, -0.2) is 9.07 Å². The first-order valence-electron chi connectivity index (χ1n) is 11.7. The van der Waals surface area contributed by atoms with Crippen LogP contribution in [0.25, 0.3) is 11.0 Å². The number of halogens is 2. The molecule has 6 N–H and O–H groups in total. The van der Waals surface area contributed by atoms with Crippen LogP contribution >= 0.6 is 19.2 Å². The molecule has 16 heteroatoms. The highest BCUT2D eigenvalue weighted by Gasteiger charge is 2.48. The van der Waals surface area contributed by atoms with E-state index in [0.29, 0.717) is 17.6 Å². The second-order valence-corrected chi connectivity index (χ2v) is 11.9. The van der Waals surface area contributed by atoms with E-state index in [1.165, 1.54) is 23.0 Å². The number of hydrogen-bond acceptors (Lipinski definition) is 10. The van der Waals surface area contributed by atoms with Gasteiger partial charge in [0.15, 0.2) is 17.2 Å². The van der Waals surface area contributed by atoms with Gasteiger partial charge in [-0.3, -0.25) is 4.57 Å². The number of benzene rings is 1. The molecule has 0 radical (unpaired) electrons. The van der Waals surface area contributed by atoms with Gasteiger partial charge in [-0.2, -0.15) is 15.1 Å². The van der Waals surface area contributed by atoms with Crippen LogP contribution in [0.1, 0.15) is 36.7 Å². The molecule has 0 saturated carbocycles. The lowest BCUT2D eigenvalue weighted by molar-refractivity contribution is -0.104. The normalized spacial score (nSPS) is 27.0. The molecule has 0 amide bonds. The van der Waals surface area contributed by atoms with Crippen LogP contribution in [-0.4, -0.2) is 81.7 Å². The van der Waals surface area contributed by atoms with Gasteiger partial charge in [0.2, 0.25) is 5.28 Å². The van der Waals surface area contributed by atoms with Gasteiger partial charge in [0, 0.05) is 0 Å². The van der Waals surface area contributed by atoms with E-state index in [2.05, 4.69) is 20.4 Å². The Morgan fingerprint density at radius 2 is 2.08 bits per heavy atom. The third-order valence-corrected chi connectivity index (χ3v) is 8.64. The molecular weight excluding hydrogens is 548 g/mol. The average molecular weight is 574 g/mol. The number of nitrogens with zero attached hydrogens (tertiary/aromatic N) is 4. The van der Waals surface area contributed by atoms with Crippen molar-refractivity contribution >= 4 is 36.0 Å². The molecule has 1 aliphatic heterocycles. The predicted molar refractivity (Wildman–Crippen MR) is 131 cm³/mol. The lowest BCUT2D eigenvalue weighted by Gasteiger charge is -2.29. The fourth-order valence-electron chi connectivity index (χ4n) is 4.64. The number of fused-ring (bicyclic) bond motifs is 2. The summed E-state index contributed by atoms with van der Waals surface area (Å²) in [5, 5.41) is 36.2. The first-order chi connectivity index (χ1) is 17.9. The minimum atomic E-state index is -4.87. The summed E-state index contributed by atoms with van der Waals surface area (Å²) in [6.07, 6.45) is -2.61. The molecule has 1 aromatic carbocycles. The molecular formula is C22H26ClFN5O8P. The van der Waals surface area contributed by atoms with E-state index >= 15 is 0 Å². The van der Waals surface area contributed by atoms with Crippen molar-refractivity contribution in [3.8, 4) is 0 Å². The van der Waals surface area contributed by atoms with Crippen LogP contribution in [0.4, 0.5) is 10.2 Å². The minimum Gasteiger partial charge on any atom is -0.393 e. The maximum atomic E-state index is 13.9. The zero-order valence-corrected chi connectivity index (χ0v) is 21.6. The summed E-state index contributed by atoms with van der Waals surface area (Å²) >= 11 is 6.19. The van der Waals surface area contributed by atoms with Gasteiger partial charge in [-0.05, 0) is 54.6 Å². The summed E-state index contributed by atoms with van der Waals surface area (Å²) < 4.78 is 37.7. The fraction of sp³-hybridized carbons (Fsp3) is 0.500. The van der Waals surface area contributed by atoms with E-state index in [9.17, 15) is 34.1 Å². The van der Waals surface area contributed by atoms with Gasteiger partial charge in [-0.15, -0.1) is 0 Å². The molecule has 1 saturated heterocycles. The summed E-state index contributed by atoms with van der Waals surface area (Å²) in [5.41, 5.74) is 2.01. The summed E-state index contributed by atoms with van der Waals surface area (Å²) in [6, 6.07) is 4.41. The predicted octanol–water partition coefficient (Wildman–Crippen LogP) is 1.24. The van der Waals surface area contributed by atoms with E-state index < -0.39 is 50.7 Å². The van der Waals surface area contributed by atoms with Crippen LogP contribution in [0.2, 0.25) is 5.28 Å². The Bertz CT molecular complexity index is 1410. The molecule has 5 rings (SSSR count). The lowest BCUT2D eigenvalue weighted by atomic mass is 10.1. The largest absolute Gasteiger partial charge is 0.393 e. The van der Waals surface area contributed by atoms with Crippen molar-refractivity contribution < 1.29 is 43.5 Å². The smallest absolute Gasteiger partial charge is 0.359 e. The fourth-order valence-corrected chi connectivity index (χ4v) is 5.23. The van der Waals surface area contributed by atoms with Crippen LogP contribution in [0.15, 0.2) is 24.4 Å². The third-order valence-electron chi connectivity index (χ3n) is 6.97. The number of ether oxygens (including phenoxy) is 2. The van der Waals surface area contributed by atoms with Crippen LogP contribution in [0.3, 0.4) is 0 Å². The van der Waals surface area contributed by atoms with E-state index in [4.69, 9.17) is 21.1 Å². The van der Waals surface area contributed by atoms with E-state index in [1.807, 2.05) is 0 Å². The Morgan fingerprint density at radius 1 is 1.32 bits per heavy atom. The summed E-state index contributed by atoms with van der Waals surface area (Å²) in [4.78, 5) is 27.4. The van der Waals surface area contributed by atoms with E-state index in [-0.39, 0.29) is 22.8 Å². The molecule has 6 atom stereocenters. The lowest BCUT2D eigenvalue weighted by Crippen LogP contribution is -2.39. The number of nitrogens with one attached hydrogen (secondary N) is 1. The highest BCUT2D eigenvalue weighted by molar-refractivity contribution is 7.53. The molecule has 3 aromatic rings. The molecule has 13 nitrogen and oxygen atoms in total. The number of hydrogen-bond donors (Lipinski definition) is 6. The third kappa shape index (κ3) is 4.81. The standard InChI is InChI=1S/C22H26ClFN5O8P/c1-22(9-30,38(33,34)35)36-8-15-16(31)17(32)20(37-15)29-19-13(7-25-29)18(27-21(23)28-19)26-14-5-3-10-2-4-11(24)6-12(10)14/h2,4,6-7,14-17,20,30-32H,3,5,8-9H2,1H3,(H,26,27,28)(H2,33,34,35)/t14-,15-,16-,17-,20-,22-/m1/s1. The van der Waals surface area contributed by atoms with Crippen molar-refractivity contribution in [2.75, 3.05) is 18.5 Å². The first-order valence-corrected chi connectivity index (χ1v) is 13.7. The quantitative estimate of drug-likeness (QED) is 0.167. The summed E-state index contributed by atoms with van der Waals surface area (Å²) in [6.45, 7) is -0.510. The van der Waals surface area contributed by atoms with Gasteiger partial charge < -0.3 is 39.9 Å². The zero-order valence-electron chi connectivity index (χ0n) is 20.0. The molecule has 206 valence electrons. The number of aliphatic hydroxyl groups excluding tert-OH is 3. The Hall–Kier alpha value is -2.26. The van der Waals surface area contributed by atoms with Crippen molar-refractivity contribution in [3.05, 3.63) is 46.6 Å². The molecule has 0 spiro atoms. The first kappa shape index (κ1) is 27.3. The zero-order chi connectivity index (χ0) is 27.4. The molecule has 1 aliphatic carbocycles. The number of aromatic nitrogens is 4. The van der Waals surface area contributed by atoms with Crippen LogP contribution in [0.5, 0.6) is 0 Å². The van der Waals surface area contributed by atoms with Gasteiger partial charge >= 0.3 is 7.60 Å². The van der Waals surface area contributed by atoms with Crippen molar-refractivity contribution in [1.82, 2.24) is 19.7 Å². The molecule has 3 heterocycles. The Balaban J connectivity index is 1.39. The molecule has 38 heavy (non-hydrogen) atoms. The second-order valence-electron chi connectivity index (χ2n) is 9.48. The number of rotatable bonds is 8. The van der Waals surface area contributed by atoms with Crippen molar-refractivity contribution in [2.24, 2.45) is 0 Å². The van der Waals surface area contributed by atoms with Crippen LogP contribution < -0.4 is 5.32 Å². The Kier molecular flexibility index (Phi) is 7.22. The highest BCUT2D eigenvalue weighted by Crippen LogP contribution is 2.51. The van der Waals surface area contributed by atoms with Crippen LogP contribution in [0, 0.1) is 5.82 Å². The molecule has 2 aliphatic rings. The van der Waals surface area contributed by atoms with E-state index in [1.54, 1.807) is 6.07 Å². The molecule has 2 aromatic heterocycles. The van der Waals surface area contributed by atoms with Crippen LogP contribution in [-0.2, 0) is 20.5 Å². The summed E-state index contributed by atoms with van der Waals surface area (Å²) in [5.74, 6) is -0.0117. The van der Waals surface area contributed by atoms with Gasteiger partial charge in [0.05, 0.1) is 30.8 Å². The monoisotopic (exact) mass is 573 g/mol.